The van der Waals surface area contributed by atoms with Crippen molar-refractivity contribution in [2.75, 3.05) is 0 Å². The molecule has 6 rings (SSSR count). The summed E-state index contributed by atoms with van der Waals surface area (Å²) in [6.45, 7) is 6.74. The Morgan fingerprint density at radius 2 is 1.58 bits per heavy atom. The Hall–Kier alpha value is -1.83. The predicted molar refractivity (Wildman–Crippen MR) is 165 cm³/mol. The van der Waals surface area contributed by atoms with Crippen LogP contribution in [0.2, 0.25) is 0 Å². The molecule has 0 saturated carbocycles. The van der Waals surface area contributed by atoms with E-state index in [-0.39, 0.29) is 0 Å². The van der Waals surface area contributed by atoms with Gasteiger partial charge in [0.2, 0.25) is 0 Å². The first kappa shape index (κ1) is 29.2. The zero-order chi connectivity index (χ0) is 26.9. The first-order valence-electron chi connectivity index (χ1n) is 13.2. The molecule has 0 spiro atoms. The molecule has 0 N–H and O–H groups in total. The summed E-state index contributed by atoms with van der Waals surface area (Å²) in [4.78, 5) is 0. The molecule has 0 nitrogen and oxygen atoms in total. The van der Waals surface area contributed by atoms with E-state index in [1.165, 1.54) is 79.4 Å². The van der Waals surface area contributed by atoms with Gasteiger partial charge in [-0.1, -0.05) is 97.1 Å². The van der Waals surface area contributed by atoms with E-state index >= 15 is 0 Å². The topological polar surface area (TPSA) is 0 Å². The minimum atomic E-state index is -0.826. The van der Waals surface area contributed by atoms with Crippen LogP contribution in [0, 0.1) is 13.0 Å². The van der Waals surface area contributed by atoms with Crippen molar-refractivity contribution in [3.63, 3.8) is 0 Å². The summed E-state index contributed by atoms with van der Waals surface area (Å²) in [5.41, 5.74) is 9.90. The number of rotatable bonds is 5. The summed E-state index contributed by atoms with van der Waals surface area (Å²) in [7, 11) is 10.7. The van der Waals surface area contributed by atoms with Crippen LogP contribution in [-0.4, -0.2) is 9.52 Å². The van der Waals surface area contributed by atoms with E-state index in [2.05, 4.69) is 112 Å². The molecule has 5 aromatic carbocycles. The van der Waals surface area contributed by atoms with Gasteiger partial charge in [-0.2, -0.15) is 35.5 Å². The predicted octanol–water partition coefficient (Wildman–Crippen LogP) is 8.94. The van der Waals surface area contributed by atoms with Crippen molar-refractivity contribution in [1.82, 2.24) is 0 Å². The molecule has 4 heteroatoms. The van der Waals surface area contributed by atoms with Crippen molar-refractivity contribution in [2.24, 2.45) is 0 Å². The molecule has 38 heavy (non-hydrogen) atoms. The molecule has 0 unspecified atom stereocenters. The number of hydrogen-bond acceptors (Lipinski definition) is 0. The second-order valence-corrected chi connectivity index (χ2v) is 14.5. The Morgan fingerprint density at radius 1 is 0.868 bits per heavy atom. The van der Waals surface area contributed by atoms with Crippen molar-refractivity contribution in [3.8, 4) is 22.3 Å². The van der Waals surface area contributed by atoms with Gasteiger partial charge >= 0.3 is 37.9 Å². The maximum Gasteiger partial charge on any atom is 0.0920 e. The molecule has 0 bridgehead atoms. The van der Waals surface area contributed by atoms with E-state index in [1.54, 1.807) is 0 Å². The van der Waals surface area contributed by atoms with Crippen LogP contribution in [0.1, 0.15) is 43.4 Å². The van der Waals surface area contributed by atoms with Crippen LogP contribution in [0.25, 0.3) is 33.0 Å². The van der Waals surface area contributed by atoms with Crippen LogP contribution in [0.15, 0.2) is 91.0 Å². The van der Waals surface area contributed by atoms with Gasteiger partial charge in [0.25, 0.3) is 0 Å². The molecule has 5 aromatic rings. The second-order valence-electron chi connectivity index (χ2n) is 9.44. The van der Waals surface area contributed by atoms with E-state index in [0.29, 0.717) is 0 Å². The SMILES string of the molecule is CCCCc1cc2c(-c3ccccc3CC)c(C)ccc2[cH-]1.[Cl][Zr+2][Cl].[c-]1cccc2c1[Si]c1ccccc1-2. The fourth-order valence-corrected chi connectivity index (χ4v) is 6.44. The fraction of sp³-hybridized carbons (Fsp3) is 0.206. The quantitative estimate of drug-likeness (QED) is 0.132. The Bertz CT molecular complexity index is 1440. The Kier molecular flexibility index (Phi) is 11.1. The minimum Gasteiger partial charge on any atom is -0.184 e. The third-order valence-electron chi connectivity index (χ3n) is 6.98. The second kappa shape index (κ2) is 14.5. The van der Waals surface area contributed by atoms with E-state index in [1.807, 2.05) is 6.07 Å². The molecule has 1 aliphatic rings. The van der Waals surface area contributed by atoms with Crippen LogP contribution in [0.4, 0.5) is 0 Å². The van der Waals surface area contributed by atoms with Gasteiger partial charge in [-0.25, -0.2) is 0 Å². The van der Waals surface area contributed by atoms with Gasteiger partial charge in [0, 0.05) is 0 Å². The Labute approximate surface area is 249 Å². The van der Waals surface area contributed by atoms with Gasteiger partial charge in [0.15, 0.2) is 0 Å². The molecule has 0 aliphatic carbocycles. The molecule has 0 aromatic heterocycles. The maximum absolute atomic E-state index is 4.93. The van der Waals surface area contributed by atoms with Gasteiger partial charge in [0.1, 0.15) is 0 Å². The van der Waals surface area contributed by atoms with Gasteiger partial charge in [0.05, 0.1) is 9.52 Å². The van der Waals surface area contributed by atoms with Gasteiger partial charge in [-0.15, -0.1) is 40.1 Å². The first-order valence-corrected chi connectivity index (χ1v) is 20.5. The zero-order valence-electron chi connectivity index (χ0n) is 22.2. The zero-order valence-corrected chi connectivity index (χ0v) is 27.2. The largest absolute Gasteiger partial charge is 0.184 e. The number of aryl methyl sites for hydroxylation is 3. The first-order chi connectivity index (χ1) is 18.6. The summed E-state index contributed by atoms with van der Waals surface area (Å²) < 4.78 is 0. The van der Waals surface area contributed by atoms with Crippen LogP contribution in [-0.2, 0) is 33.7 Å². The summed E-state index contributed by atoms with van der Waals surface area (Å²) in [6, 6.07) is 36.4. The molecular weight excluding hydrogens is 599 g/mol. The number of fused-ring (bicyclic) bond motifs is 4. The van der Waals surface area contributed by atoms with Crippen LogP contribution in [0.5, 0.6) is 0 Å². The molecule has 0 fully saturated rings. The average molecular weight is 631 g/mol. The minimum absolute atomic E-state index is 0.795. The van der Waals surface area contributed by atoms with E-state index in [9.17, 15) is 0 Å². The summed E-state index contributed by atoms with van der Waals surface area (Å²) in [5.74, 6) is 0. The van der Waals surface area contributed by atoms with Gasteiger partial charge in [-0.05, 0) is 30.9 Å². The van der Waals surface area contributed by atoms with Gasteiger partial charge < -0.3 is 0 Å². The van der Waals surface area contributed by atoms with Gasteiger partial charge in [-0.3, -0.25) is 0 Å². The Balaban J connectivity index is 0.000000177. The molecule has 2 radical (unpaired) electrons. The van der Waals surface area contributed by atoms with Crippen molar-refractivity contribution in [1.29, 1.82) is 0 Å². The molecule has 1 heterocycles. The molecule has 0 amide bonds. The van der Waals surface area contributed by atoms with Crippen molar-refractivity contribution in [3.05, 3.63) is 114 Å². The maximum atomic E-state index is 4.93. The molecule has 190 valence electrons. The van der Waals surface area contributed by atoms with Crippen molar-refractivity contribution >= 4 is 47.7 Å². The monoisotopic (exact) mass is 628 g/mol. The molecule has 0 atom stereocenters. The molecule has 1 aliphatic heterocycles. The smallest absolute Gasteiger partial charge is 0.0920 e. The molecular formula is C34H32Cl2SiZr. The summed E-state index contributed by atoms with van der Waals surface area (Å²) >= 11 is -0.826. The number of hydrogen-bond donors (Lipinski definition) is 0. The normalized spacial score (nSPS) is 11.0. The van der Waals surface area contributed by atoms with Crippen molar-refractivity contribution < 1.29 is 20.8 Å². The molecule has 0 saturated heterocycles. The summed E-state index contributed by atoms with van der Waals surface area (Å²) in [6.07, 6.45) is 4.80. The number of halogens is 2. The van der Waals surface area contributed by atoms with E-state index < -0.39 is 20.8 Å². The van der Waals surface area contributed by atoms with Crippen molar-refractivity contribution in [2.45, 2.75) is 46.5 Å². The van der Waals surface area contributed by atoms with Crippen LogP contribution >= 0.6 is 17.0 Å². The average Bonchev–Trinajstić information content (AvgIpc) is 3.54. The Morgan fingerprint density at radius 3 is 2.34 bits per heavy atom. The third kappa shape index (κ3) is 6.83. The number of unbranched alkanes of at least 4 members (excludes halogenated alkanes) is 1. The standard InChI is InChI=1S/C22H25.C12H7Si.2ClH.Zr/c1-4-6-9-17-14-19-13-12-16(3)22(21(19)15-17)20-11-8-7-10-18(20)5-2;1-3-7-11-9(5-1)10-6-2-4-8-12(10)13-11;;;/h7-8,10-15H,4-6,9H2,1-3H3;1-7H;2*1H;/q2*-1;;;+4/p-2. The van der Waals surface area contributed by atoms with Crippen LogP contribution in [0.3, 0.4) is 0 Å². The number of benzene rings is 4. The summed E-state index contributed by atoms with van der Waals surface area (Å²) in [5, 5.41) is 5.63. The third-order valence-corrected chi connectivity index (χ3v) is 8.35. The van der Waals surface area contributed by atoms with E-state index in [0.717, 1.165) is 15.9 Å². The van der Waals surface area contributed by atoms with E-state index in [4.69, 9.17) is 17.0 Å². The fourth-order valence-electron chi connectivity index (χ4n) is 5.13. The van der Waals surface area contributed by atoms with Crippen LogP contribution < -0.4 is 10.4 Å².